The van der Waals surface area contributed by atoms with Gasteiger partial charge in [0.1, 0.15) is 18.2 Å². The van der Waals surface area contributed by atoms with Crippen molar-refractivity contribution in [1.29, 1.82) is 5.26 Å². The highest BCUT2D eigenvalue weighted by molar-refractivity contribution is 6.01. The van der Waals surface area contributed by atoms with E-state index in [1.54, 1.807) is 32.0 Å². The lowest BCUT2D eigenvalue weighted by atomic mass is 10.1. The van der Waals surface area contributed by atoms with E-state index in [0.29, 0.717) is 16.9 Å². The van der Waals surface area contributed by atoms with Gasteiger partial charge in [0.05, 0.1) is 12.7 Å². The molecule has 0 aliphatic heterocycles. The molecule has 0 unspecified atom stereocenters. The summed E-state index contributed by atoms with van der Waals surface area (Å²) >= 11 is 0. The zero-order valence-electron chi connectivity index (χ0n) is 16.7. The van der Waals surface area contributed by atoms with E-state index in [0.717, 1.165) is 12.1 Å². The molecule has 1 amide bonds. The first-order chi connectivity index (χ1) is 14.1. The average molecular weight is 418 g/mol. The molecular formula is C22H21F3N2O3. The van der Waals surface area contributed by atoms with Crippen LogP contribution in [0.5, 0.6) is 11.5 Å². The Bertz CT molecular complexity index is 976. The maximum atomic E-state index is 12.9. The molecule has 2 aromatic carbocycles. The molecule has 0 fully saturated rings. The van der Waals surface area contributed by atoms with Gasteiger partial charge >= 0.3 is 6.18 Å². The number of methoxy groups -OCH3 is 1. The Morgan fingerprint density at radius 3 is 2.53 bits per heavy atom. The molecule has 2 rings (SSSR count). The molecule has 0 spiro atoms. The van der Waals surface area contributed by atoms with Gasteiger partial charge in [0.15, 0.2) is 11.5 Å². The molecule has 0 atom stereocenters. The van der Waals surface area contributed by atoms with E-state index in [4.69, 9.17) is 9.47 Å². The maximum Gasteiger partial charge on any atom is 0.416 e. The molecule has 0 aliphatic carbocycles. The quantitative estimate of drug-likeness (QED) is 0.522. The predicted molar refractivity (Wildman–Crippen MR) is 106 cm³/mol. The summed E-state index contributed by atoms with van der Waals surface area (Å²) in [6.45, 7) is 3.44. The van der Waals surface area contributed by atoms with Crippen molar-refractivity contribution in [1.82, 2.24) is 5.32 Å². The van der Waals surface area contributed by atoms with Gasteiger partial charge in [-0.2, -0.15) is 18.4 Å². The van der Waals surface area contributed by atoms with Gasteiger partial charge in [0, 0.05) is 6.04 Å². The van der Waals surface area contributed by atoms with Crippen LogP contribution in [0.1, 0.15) is 30.5 Å². The minimum atomic E-state index is -4.44. The fraction of sp³-hybridized carbons (Fsp3) is 0.273. The normalized spacial score (nSPS) is 11.7. The predicted octanol–water partition coefficient (Wildman–Crippen LogP) is 4.72. The van der Waals surface area contributed by atoms with E-state index in [1.165, 1.54) is 25.3 Å². The highest BCUT2D eigenvalue weighted by Gasteiger charge is 2.30. The third kappa shape index (κ3) is 6.27. The summed E-state index contributed by atoms with van der Waals surface area (Å²) in [6, 6.07) is 11.3. The van der Waals surface area contributed by atoms with Crippen molar-refractivity contribution in [3.05, 3.63) is 64.7 Å². The Kier molecular flexibility index (Phi) is 7.48. The highest BCUT2D eigenvalue weighted by Crippen LogP contribution is 2.32. The molecule has 30 heavy (non-hydrogen) atoms. The van der Waals surface area contributed by atoms with Crippen LogP contribution in [0.3, 0.4) is 0 Å². The lowest BCUT2D eigenvalue weighted by molar-refractivity contribution is -0.137. The number of carbonyl (C=O) groups is 1. The smallest absolute Gasteiger partial charge is 0.416 e. The minimum absolute atomic E-state index is 0.0855. The van der Waals surface area contributed by atoms with E-state index in [-0.39, 0.29) is 24.0 Å². The van der Waals surface area contributed by atoms with Gasteiger partial charge < -0.3 is 14.8 Å². The first-order valence-electron chi connectivity index (χ1n) is 9.03. The van der Waals surface area contributed by atoms with E-state index in [2.05, 4.69) is 5.32 Å². The number of nitrogens with one attached hydrogen (secondary N) is 1. The Labute approximate surface area is 172 Å². The number of hydrogen-bond donors (Lipinski definition) is 1. The molecule has 0 aromatic heterocycles. The van der Waals surface area contributed by atoms with Gasteiger partial charge in [-0.3, -0.25) is 4.79 Å². The number of rotatable bonds is 7. The number of amides is 1. The molecule has 0 radical (unpaired) electrons. The number of carbonyl (C=O) groups excluding carboxylic acids is 1. The number of nitriles is 1. The van der Waals surface area contributed by atoms with Crippen LogP contribution in [-0.4, -0.2) is 19.1 Å². The summed E-state index contributed by atoms with van der Waals surface area (Å²) in [6.07, 6.45) is -3.04. The van der Waals surface area contributed by atoms with Crippen LogP contribution in [0.25, 0.3) is 6.08 Å². The molecule has 0 saturated carbocycles. The summed E-state index contributed by atoms with van der Waals surface area (Å²) in [4.78, 5) is 12.1. The topological polar surface area (TPSA) is 71.3 Å². The van der Waals surface area contributed by atoms with Crippen molar-refractivity contribution < 1.29 is 27.4 Å². The van der Waals surface area contributed by atoms with E-state index >= 15 is 0 Å². The number of alkyl halides is 3. The molecule has 5 nitrogen and oxygen atoms in total. The van der Waals surface area contributed by atoms with Crippen molar-refractivity contribution in [2.24, 2.45) is 0 Å². The SMILES string of the molecule is COc1ccc(C=C(C#N)C(=O)NC(C)C)cc1OCc1cccc(C(F)(F)F)c1. The van der Waals surface area contributed by atoms with Crippen LogP contribution >= 0.6 is 0 Å². The third-order valence-corrected chi connectivity index (χ3v) is 3.93. The molecular weight excluding hydrogens is 397 g/mol. The van der Waals surface area contributed by atoms with Crippen LogP contribution < -0.4 is 14.8 Å². The summed E-state index contributed by atoms with van der Waals surface area (Å²) in [5.74, 6) is 0.129. The Morgan fingerprint density at radius 1 is 1.20 bits per heavy atom. The van der Waals surface area contributed by atoms with Crippen LogP contribution in [0.4, 0.5) is 13.2 Å². The standard InChI is InChI=1S/C22H21F3N2O3/c1-14(2)27-21(28)17(12-26)9-15-7-8-19(29-3)20(11-15)30-13-16-5-4-6-18(10-16)22(23,24)25/h4-11,14H,13H2,1-3H3,(H,27,28). The zero-order chi connectivity index (χ0) is 22.3. The second kappa shape index (κ2) is 9.83. The molecule has 0 saturated heterocycles. The van der Waals surface area contributed by atoms with Crippen LogP contribution in [-0.2, 0) is 17.6 Å². The van der Waals surface area contributed by atoms with Crippen molar-refractivity contribution in [3.63, 3.8) is 0 Å². The van der Waals surface area contributed by atoms with Gasteiger partial charge in [-0.05, 0) is 55.3 Å². The fourth-order valence-corrected chi connectivity index (χ4v) is 2.55. The number of hydrogen-bond acceptors (Lipinski definition) is 4. The molecule has 8 heteroatoms. The highest BCUT2D eigenvalue weighted by atomic mass is 19.4. The summed E-state index contributed by atoms with van der Waals surface area (Å²) in [5, 5.41) is 11.9. The van der Waals surface area contributed by atoms with Gasteiger partial charge in [-0.1, -0.05) is 18.2 Å². The third-order valence-electron chi connectivity index (χ3n) is 3.93. The number of ether oxygens (including phenoxy) is 2. The van der Waals surface area contributed by atoms with Crippen LogP contribution in [0.15, 0.2) is 48.0 Å². The molecule has 0 bridgehead atoms. The number of benzene rings is 2. The molecule has 1 N–H and O–H groups in total. The Balaban J connectivity index is 2.26. The Morgan fingerprint density at radius 2 is 1.93 bits per heavy atom. The maximum absolute atomic E-state index is 12.9. The number of halogens is 3. The monoisotopic (exact) mass is 418 g/mol. The first kappa shape index (κ1) is 22.8. The van der Waals surface area contributed by atoms with Crippen molar-refractivity contribution in [2.75, 3.05) is 7.11 Å². The second-order valence-corrected chi connectivity index (χ2v) is 6.70. The van der Waals surface area contributed by atoms with Crippen LogP contribution in [0, 0.1) is 11.3 Å². The van der Waals surface area contributed by atoms with Crippen molar-refractivity contribution in [3.8, 4) is 17.6 Å². The van der Waals surface area contributed by atoms with Crippen LogP contribution in [0.2, 0.25) is 0 Å². The lowest BCUT2D eigenvalue weighted by Crippen LogP contribution is -2.30. The van der Waals surface area contributed by atoms with Gasteiger partial charge in [-0.25, -0.2) is 0 Å². The largest absolute Gasteiger partial charge is 0.493 e. The van der Waals surface area contributed by atoms with Gasteiger partial charge in [0.2, 0.25) is 0 Å². The van der Waals surface area contributed by atoms with E-state index in [9.17, 15) is 23.2 Å². The van der Waals surface area contributed by atoms with Crippen molar-refractivity contribution in [2.45, 2.75) is 32.7 Å². The molecule has 0 heterocycles. The molecule has 158 valence electrons. The fourth-order valence-electron chi connectivity index (χ4n) is 2.55. The zero-order valence-corrected chi connectivity index (χ0v) is 16.7. The lowest BCUT2D eigenvalue weighted by Gasteiger charge is -2.13. The Hall–Kier alpha value is -3.47. The second-order valence-electron chi connectivity index (χ2n) is 6.70. The summed E-state index contributed by atoms with van der Waals surface area (Å²) in [5.41, 5.74) is -0.00748. The summed E-state index contributed by atoms with van der Waals surface area (Å²) in [7, 11) is 1.43. The molecule has 0 aliphatic rings. The summed E-state index contributed by atoms with van der Waals surface area (Å²) < 4.78 is 49.5. The van der Waals surface area contributed by atoms with Gasteiger partial charge in [0.25, 0.3) is 5.91 Å². The number of nitrogens with zero attached hydrogens (tertiary/aromatic N) is 1. The first-order valence-corrected chi connectivity index (χ1v) is 9.03. The minimum Gasteiger partial charge on any atom is -0.493 e. The van der Waals surface area contributed by atoms with Gasteiger partial charge in [-0.15, -0.1) is 0 Å². The molecule has 2 aromatic rings. The van der Waals surface area contributed by atoms with E-state index in [1.807, 2.05) is 6.07 Å². The van der Waals surface area contributed by atoms with Crippen molar-refractivity contribution >= 4 is 12.0 Å². The average Bonchev–Trinajstić information content (AvgIpc) is 2.69. The van der Waals surface area contributed by atoms with E-state index < -0.39 is 17.6 Å².